The highest BCUT2D eigenvalue weighted by Crippen LogP contribution is 2.39. The van der Waals surface area contributed by atoms with Crippen LogP contribution in [0.4, 0.5) is 11.4 Å². The summed E-state index contributed by atoms with van der Waals surface area (Å²) >= 11 is 0. The summed E-state index contributed by atoms with van der Waals surface area (Å²) in [5.41, 5.74) is 9.72. The monoisotopic (exact) mass is 392 g/mol. The van der Waals surface area contributed by atoms with Crippen LogP contribution in [0.15, 0.2) is 47.6 Å². The summed E-state index contributed by atoms with van der Waals surface area (Å²) in [7, 11) is 1.61. The highest BCUT2D eigenvalue weighted by atomic mass is 16.5. The molecule has 7 nitrogen and oxygen atoms in total. The van der Waals surface area contributed by atoms with Crippen LogP contribution in [0.5, 0.6) is 5.75 Å². The molecule has 7 heteroatoms. The van der Waals surface area contributed by atoms with Gasteiger partial charge < -0.3 is 15.4 Å². The van der Waals surface area contributed by atoms with E-state index in [1.807, 2.05) is 49.4 Å². The van der Waals surface area contributed by atoms with Gasteiger partial charge in [-0.15, -0.1) is 0 Å². The molecule has 0 bridgehead atoms. The third-order valence-electron chi connectivity index (χ3n) is 5.53. The third-order valence-corrected chi connectivity index (χ3v) is 5.53. The van der Waals surface area contributed by atoms with Crippen molar-refractivity contribution in [1.82, 2.24) is 0 Å². The van der Waals surface area contributed by atoms with Gasteiger partial charge in [-0.05, 0) is 49.1 Å². The molecule has 1 atom stereocenters. The first kappa shape index (κ1) is 19.0. The Labute approximate surface area is 169 Å². The summed E-state index contributed by atoms with van der Waals surface area (Å²) in [5, 5.41) is 6.05. The van der Waals surface area contributed by atoms with E-state index in [2.05, 4.69) is 5.10 Å². The van der Waals surface area contributed by atoms with Crippen LogP contribution in [0.3, 0.4) is 0 Å². The molecule has 2 aliphatic heterocycles. The highest BCUT2D eigenvalue weighted by Gasteiger charge is 2.38. The number of nitrogens with two attached hydrogens (primary N) is 1. The van der Waals surface area contributed by atoms with E-state index in [4.69, 9.17) is 10.5 Å². The summed E-state index contributed by atoms with van der Waals surface area (Å²) in [6, 6.07) is 12.5. The van der Waals surface area contributed by atoms with Crippen LogP contribution in [-0.4, -0.2) is 37.2 Å². The zero-order valence-corrected chi connectivity index (χ0v) is 16.6. The maximum absolute atomic E-state index is 13.4. The van der Waals surface area contributed by atoms with Gasteiger partial charge in [0.1, 0.15) is 17.5 Å². The van der Waals surface area contributed by atoms with Crippen molar-refractivity contribution in [3.05, 3.63) is 53.6 Å². The van der Waals surface area contributed by atoms with Gasteiger partial charge in [-0.25, -0.2) is 0 Å². The topological polar surface area (TPSA) is 88.2 Å². The largest absolute Gasteiger partial charge is 0.495 e. The second kappa shape index (κ2) is 7.58. The molecule has 0 saturated carbocycles. The van der Waals surface area contributed by atoms with E-state index in [1.165, 1.54) is 0 Å². The van der Waals surface area contributed by atoms with Crippen molar-refractivity contribution in [1.29, 1.82) is 0 Å². The summed E-state index contributed by atoms with van der Waals surface area (Å²) < 4.78 is 5.54. The number of ether oxygens (including phenoxy) is 1. The fraction of sp³-hybridized carbons (Fsp3) is 0.318. The van der Waals surface area contributed by atoms with E-state index < -0.39 is 11.9 Å². The number of amides is 2. The third kappa shape index (κ3) is 3.33. The van der Waals surface area contributed by atoms with E-state index >= 15 is 0 Å². The van der Waals surface area contributed by atoms with Gasteiger partial charge in [0.2, 0.25) is 5.91 Å². The Morgan fingerprint density at radius 2 is 1.93 bits per heavy atom. The Kier molecular flexibility index (Phi) is 4.96. The van der Waals surface area contributed by atoms with Gasteiger partial charge in [0, 0.05) is 13.0 Å². The number of benzene rings is 2. The molecule has 0 fully saturated rings. The molecule has 0 aromatic heterocycles. The van der Waals surface area contributed by atoms with Crippen molar-refractivity contribution in [2.24, 2.45) is 10.8 Å². The number of hydrogen-bond donors (Lipinski definition) is 1. The number of para-hydroxylation sites is 1. The summed E-state index contributed by atoms with van der Waals surface area (Å²) in [6.07, 6.45) is 1.94. The fourth-order valence-corrected chi connectivity index (χ4v) is 4.06. The number of nitrogens with zero attached hydrogens (tertiary/aromatic N) is 3. The predicted molar refractivity (Wildman–Crippen MR) is 112 cm³/mol. The number of rotatable bonds is 4. The van der Waals surface area contributed by atoms with Gasteiger partial charge >= 0.3 is 0 Å². The van der Waals surface area contributed by atoms with Crippen LogP contribution in [0, 0.1) is 6.92 Å². The van der Waals surface area contributed by atoms with Gasteiger partial charge in [0.05, 0.1) is 18.5 Å². The molecule has 2 aromatic carbocycles. The second-order valence-electron chi connectivity index (χ2n) is 7.32. The molecule has 0 saturated heterocycles. The molecule has 2 aliphatic rings. The second-order valence-corrected chi connectivity index (χ2v) is 7.32. The normalized spacial score (nSPS) is 18.3. The number of fused-ring (bicyclic) bond motifs is 1. The molecule has 0 radical (unpaired) electrons. The van der Waals surface area contributed by atoms with Crippen LogP contribution >= 0.6 is 0 Å². The molecule has 2 N–H and O–H groups in total. The van der Waals surface area contributed by atoms with Gasteiger partial charge in [0.15, 0.2) is 0 Å². The van der Waals surface area contributed by atoms with Crippen molar-refractivity contribution >= 4 is 28.9 Å². The van der Waals surface area contributed by atoms with Crippen LogP contribution in [0.1, 0.15) is 24.0 Å². The van der Waals surface area contributed by atoms with Crippen molar-refractivity contribution < 1.29 is 14.3 Å². The lowest BCUT2D eigenvalue weighted by atomic mass is 9.95. The van der Waals surface area contributed by atoms with Crippen LogP contribution in [0.2, 0.25) is 0 Å². The lowest BCUT2D eigenvalue weighted by Gasteiger charge is -2.31. The summed E-state index contributed by atoms with van der Waals surface area (Å²) in [4.78, 5) is 27.2. The molecule has 29 heavy (non-hydrogen) atoms. The Morgan fingerprint density at radius 1 is 1.17 bits per heavy atom. The maximum Gasteiger partial charge on any atom is 0.274 e. The first-order chi connectivity index (χ1) is 14.0. The minimum Gasteiger partial charge on any atom is -0.495 e. The molecule has 2 amide bonds. The first-order valence-electron chi connectivity index (χ1n) is 9.70. The minimum absolute atomic E-state index is 0.184. The molecule has 0 spiro atoms. The predicted octanol–water partition coefficient (Wildman–Crippen LogP) is 2.40. The molecule has 2 heterocycles. The number of aryl methyl sites for hydroxylation is 1. The minimum atomic E-state index is -0.681. The lowest BCUT2D eigenvalue weighted by molar-refractivity contribution is -0.119. The molecule has 1 unspecified atom stereocenters. The Morgan fingerprint density at radius 3 is 2.62 bits per heavy atom. The Hall–Kier alpha value is -3.35. The van der Waals surface area contributed by atoms with E-state index in [1.54, 1.807) is 17.0 Å². The number of hydrogen-bond acceptors (Lipinski definition) is 5. The molecule has 150 valence electrons. The van der Waals surface area contributed by atoms with Crippen molar-refractivity contribution in [2.45, 2.75) is 32.2 Å². The molecular weight excluding hydrogens is 368 g/mol. The highest BCUT2D eigenvalue weighted by molar-refractivity contribution is 6.45. The van der Waals surface area contributed by atoms with E-state index in [0.29, 0.717) is 18.0 Å². The van der Waals surface area contributed by atoms with E-state index in [0.717, 1.165) is 35.3 Å². The fourth-order valence-electron chi connectivity index (χ4n) is 4.06. The van der Waals surface area contributed by atoms with Crippen LogP contribution in [0.25, 0.3) is 0 Å². The number of primary amides is 1. The maximum atomic E-state index is 13.4. The summed E-state index contributed by atoms with van der Waals surface area (Å²) in [6.45, 7) is 2.62. The van der Waals surface area contributed by atoms with Gasteiger partial charge in [-0.2, -0.15) is 5.10 Å². The number of carbonyl (C=O) groups excluding carboxylic acids is 2. The van der Waals surface area contributed by atoms with Crippen LogP contribution < -0.4 is 20.4 Å². The lowest BCUT2D eigenvalue weighted by Crippen LogP contribution is -2.42. The average molecular weight is 392 g/mol. The zero-order valence-electron chi connectivity index (χ0n) is 16.6. The van der Waals surface area contributed by atoms with Gasteiger partial charge in [0.25, 0.3) is 5.91 Å². The van der Waals surface area contributed by atoms with Crippen molar-refractivity contribution in [2.75, 3.05) is 23.6 Å². The van der Waals surface area contributed by atoms with Gasteiger partial charge in [-0.1, -0.05) is 24.3 Å². The Balaban J connectivity index is 1.71. The molecule has 2 aromatic rings. The molecule has 4 rings (SSSR count). The van der Waals surface area contributed by atoms with Gasteiger partial charge in [-0.3, -0.25) is 14.6 Å². The Bertz CT molecular complexity index is 987. The van der Waals surface area contributed by atoms with Crippen LogP contribution in [-0.2, 0) is 16.0 Å². The molecule has 0 aliphatic carbocycles. The van der Waals surface area contributed by atoms with E-state index in [9.17, 15) is 9.59 Å². The van der Waals surface area contributed by atoms with Crippen molar-refractivity contribution in [3.8, 4) is 5.75 Å². The average Bonchev–Trinajstić information content (AvgIpc) is 3.20. The van der Waals surface area contributed by atoms with Crippen molar-refractivity contribution in [3.63, 3.8) is 0 Å². The number of anilines is 2. The quantitative estimate of drug-likeness (QED) is 0.865. The SMILES string of the molecule is COc1ccc(C)c2c1N(C(=O)C1=NN(c3ccccc3)C(C(N)=O)C1)CCC2. The number of carbonyl (C=O) groups is 2. The standard InChI is InChI=1S/C22H24N4O3/c1-14-10-11-19(29-2)20-16(14)9-6-12-25(20)22(28)17-13-18(21(23)27)26(24-17)15-7-4-3-5-8-15/h3-5,7-8,10-11,18H,6,9,12-13H2,1-2H3,(H2,23,27). The molecular formula is C22H24N4O3. The zero-order chi connectivity index (χ0) is 20.5. The number of methoxy groups -OCH3 is 1. The number of hydrazone groups is 1. The first-order valence-corrected chi connectivity index (χ1v) is 9.70. The van der Waals surface area contributed by atoms with E-state index in [-0.39, 0.29) is 12.3 Å². The smallest absolute Gasteiger partial charge is 0.274 e. The summed E-state index contributed by atoms with van der Waals surface area (Å²) in [5.74, 6) is -0.0454.